The van der Waals surface area contributed by atoms with Crippen molar-refractivity contribution < 1.29 is 28.9 Å². The number of nitrogens with one attached hydrogen (secondary N) is 1. The van der Waals surface area contributed by atoms with Gasteiger partial charge in [-0.15, -0.1) is 0 Å². The van der Waals surface area contributed by atoms with Crippen LogP contribution in [-0.4, -0.2) is 85.7 Å². The van der Waals surface area contributed by atoms with Crippen LogP contribution in [0.5, 0.6) is 0 Å². The first-order valence-corrected chi connectivity index (χ1v) is 10.1. The van der Waals surface area contributed by atoms with Gasteiger partial charge >= 0.3 is 0 Å². The third kappa shape index (κ3) is 5.40. The molecule has 8 nitrogen and oxygen atoms in total. The first kappa shape index (κ1) is 20.5. The number of β-amino-alcohol motifs (C(OH)–C–C–N with tert-alkyl or cyclic N) is 1. The van der Waals surface area contributed by atoms with Gasteiger partial charge in [-0.25, -0.2) is 0 Å². The molecule has 0 bridgehead atoms. The minimum atomic E-state index is -0.692. The van der Waals surface area contributed by atoms with Gasteiger partial charge in [-0.1, -0.05) is 0 Å². The molecule has 8 heteroatoms. The second kappa shape index (κ2) is 9.82. The second-order valence-electron chi connectivity index (χ2n) is 7.67. The van der Waals surface area contributed by atoms with Gasteiger partial charge in [-0.3, -0.25) is 9.59 Å². The smallest absolute Gasteiger partial charge is 0.226 e. The van der Waals surface area contributed by atoms with Gasteiger partial charge in [0.1, 0.15) is 6.10 Å². The van der Waals surface area contributed by atoms with Crippen molar-refractivity contribution in [2.75, 3.05) is 39.5 Å². The normalized spacial score (nSPS) is 32.9. The molecule has 2 N–H and O–H groups in total. The lowest BCUT2D eigenvalue weighted by Gasteiger charge is -2.45. The number of hydrogen-bond donors (Lipinski definition) is 2. The van der Waals surface area contributed by atoms with Crippen molar-refractivity contribution in [1.29, 1.82) is 0 Å². The summed E-state index contributed by atoms with van der Waals surface area (Å²) in [5, 5.41) is 13.0. The van der Waals surface area contributed by atoms with Crippen molar-refractivity contribution in [3.8, 4) is 0 Å². The van der Waals surface area contributed by atoms with E-state index in [-0.39, 0.29) is 49.1 Å². The van der Waals surface area contributed by atoms with E-state index in [4.69, 9.17) is 14.2 Å². The Hall–Kier alpha value is -1.22. The van der Waals surface area contributed by atoms with Gasteiger partial charge in [0, 0.05) is 32.2 Å². The predicted octanol–water partition coefficient (Wildman–Crippen LogP) is 0.0751. The van der Waals surface area contributed by atoms with Gasteiger partial charge in [0.25, 0.3) is 0 Å². The average molecular weight is 384 g/mol. The highest BCUT2D eigenvalue weighted by molar-refractivity contribution is 5.79. The fourth-order valence-electron chi connectivity index (χ4n) is 4.25. The molecule has 3 fully saturated rings. The van der Waals surface area contributed by atoms with E-state index < -0.39 is 6.10 Å². The molecule has 0 spiro atoms. The predicted molar refractivity (Wildman–Crippen MR) is 97.1 cm³/mol. The summed E-state index contributed by atoms with van der Waals surface area (Å²) in [5.74, 6) is 0.0123. The Balaban J connectivity index is 1.67. The zero-order chi connectivity index (χ0) is 19.2. The number of hydrogen-bond acceptors (Lipinski definition) is 6. The largest absolute Gasteiger partial charge is 0.389 e. The van der Waals surface area contributed by atoms with Gasteiger partial charge in [0.15, 0.2) is 0 Å². The molecule has 0 aliphatic carbocycles. The van der Waals surface area contributed by atoms with E-state index >= 15 is 0 Å². The third-order valence-electron chi connectivity index (χ3n) is 5.62. The molecule has 4 atom stereocenters. The van der Waals surface area contributed by atoms with Gasteiger partial charge in [-0.2, -0.15) is 0 Å². The lowest BCUT2D eigenvalue weighted by atomic mass is 9.91. The van der Waals surface area contributed by atoms with Crippen molar-refractivity contribution in [3.05, 3.63) is 0 Å². The van der Waals surface area contributed by atoms with Crippen LogP contribution >= 0.6 is 0 Å². The molecule has 0 saturated carbocycles. The fourth-order valence-corrected chi connectivity index (χ4v) is 4.25. The second-order valence-corrected chi connectivity index (χ2v) is 7.67. The number of ether oxygens (including phenoxy) is 3. The van der Waals surface area contributed by atoms with E-state index in [1.807, 2.05) is 11.8 Å². The Kier molecular flexibility index (Phi) is 7.46. The summed E-state index contributed by atoms with van der Waals surface area (Å²) in [5.41, 5.74) is 0. The number of carbonyl (C=O) groups excluding carboxylic acids is 2. The average Bonchev–Trinajstić information content (AvgIpc) is 2.65. The SMILES string of the molecule is CCNC(=O)C[C@H]1CC[C@@H]2[C@H](COC[C@@H](O)CN2C(=O)C2CCOCC2)O1. The highest BCUT2D eigenvalue weighted by atomic mass is 16.5. The van der Waals surface area contributed by atoms with Crippen LogP contribution in [0.25, 0.3) is 0 Å². The van der Waals surface area contributed by atoms with Crippen LogP contribution in [-0.2, 0) is 23.8 Å². The van der Waals surface area contributed by atoms with Gasteiger partial charge in [-0.05, 0) is 32.6 Å². The molecule has 0 radical (unpaired) electrons. The van der Waals surface area contributed by atoms with Crippen LogP contribution in [0.3, 0.4) is 0 Å². The van der Waals surface area contributed by atoms with Crippen molar-refractivity contribution in [2.45, 2.75) is 63.4 Å². The molecule has 3 saturated heterocycles. The maximum atomic E-state index is 13.2. The molecule has 3 aliphatic heterocycles. The molecule has 3 heterocycles. The zero-order valence-corrected chi connectivity index (χ0v) is 16.1. The summed E-state index contributed by atoms with van der Waals surface area (Å²) in [6, 6.07) is -0.124. The molecule has 2 amide bonds. The van der Waals surface area contributed by atoms with Crippen LogP contribution in [0.2, 0.25) is 0 Å². The number of aliphatic hydroxyl groups excluding tert-OH is 1. The molecular formula is C19H32N2O6. The lowest BCUT2D eigenvalue weighted by molar-refractivity contribution is -0.173. The van der Waals surface area contributed by atoms with E-state index in [1.54, 1.807) is 0 Å². The lowest BCUT2D eigenvalue weighted by Crippen LogP contribution is -2.58. The summed E-state index contributed by atoms with van der Waals surface area (Å²) in [6.45, 7) is 4.48. The third-order valence-corrected chi connectivity index (χ3v) is 5.62. The number of aliphatic hydroxyl groups is 1. The molecule has 0 aromatic carbocycles. The van der Waals surface area contributed by atoms with Crippen molar-refractivity contribution in [2.24, 2.45) is 5.92 Å². The molecule has 0 aromatic rings. The molecule has 154 valence electrons. The summed E-state index contributed by atoms with van der Waals surface area (Å²) in [6.07, 6.45) is 2.11. The number of nitrogens with zero attached hydrogens (tertiary/aromatic N) is 1. The zero-order valence-electron chi connectivity index (χ0n) is 16.1. The Morgan fingerprint density at radius 3 is 2.63 bits per heavy atom. The number of rotatable bonds is 4. The van der Waals surface area contributed by atoms with Crippen LogP contribution in [0.4, 0.5) is 0 Å². The van der Waals surface area contributed by atoms with Crippen molar-refractivity contribution in [3.63, 3.8) is 0 Å². The minimum Gasteiger partial charge on any atom is -0.389 e. The number of fused-ring (bicyclic) bond motifs is 1. The highest BCUT2D eigenvalue weighted by Gasteiger charge is 2.41. The van der Waals surface area contributed by atoms with Crippen LogP contribution in [0.1, 0.15) is 39.0 Å². The Morgan fingerprint density at radius 2 is 1.89 bits per heavy atom. The van der Waals surface area contributed by atoms with Crippen LogP contribution in [0, 0.1) is 5.92 Å². The minimum absolute atomic E-state index is 0.0155. The summed E-state index contributed by atoms with van der Waals surface area (Å²) in [7, 11) is 0. The number of amides is 2. The summed E-state index contributed by atoms with van der Waals surface area (Å²) >= 11 is 0. The Morgan fingerprint density at radius 1 is 1.11 bits per heavy atom. The first-order chi connectivity index (χ1) is 13.1. The van der Waals surface area contributed by atoms with Gasteiger partial charge in [0.2, 0.25) is 11.8 Å². The molecule has 0 unspecified atom stereocenters. The van der Waals surface area contributed by atoms with Gasteiger partial charge < -0.3 is 29.5 Å². The maximum Gasteiger partial charge on any atom is 0.226 e. The van der Waals surface area contributed by atoms with E-state index in [9.17, 15) is 14.7 Å². The van der Waals surface area contributed by atoms with Crippen LogP contribution in [0.15, 0.2) is 0 Å². The van der Waals surface area contributed by atoms with Crippen LogP contribution < -0.4 is 5.32 Å². The monoisotopic (exact) mass is 384 g/mol. The summed E-state index contributed by atoms with van der Waals surface area (Å²) < 4.78 is 17.1. The van der Waals surface area contributed by atoms with E-state index in [0.717, 1.165) is 19.3 Å². The van der Waals surface area contributed by atoms with E-state index in [0.29, 0.717) is 39.2 Å². The topological polar surface area (TPSA) is 97.3 Å². The molecule has 27 heavy (non-hydrogen) atoms. The quantitative estimate of drug-likeness (QED) is 0.712. The van der Waals surface area contributed by atoms with E-state index in [2.05, 4.69) is 5.32 Å². The van der Waals surface area contributed by atoms with Gasteiger partial charge in [0.05, 0.1) is 37.9 Å². The molecule has 0 aromatic heterocycles. The molecule has 3 aliphatic rings. The van der Waals surface area contributed by atoms with Crippen molar-refractivity contribution in [1.82, 2.24) is 10.2 Å². The Bertz CT molecular complexity index is 510. The standard InChI is InChI=1S/C19H32N2O6/c1-2-20-18(23)9-15-3-4-16-17(27-15)12-26-11-14(22)10-21(16)19(24)13-5-7-25-8-6-13/h13-17,22H,2-12H2,1H3,(H,20,23)/t14-,15+,16+,17-/m0/s1. The maximum absolute atomic E-state index is 13.2. The first-order valence-electron chi connectivity index (χ1n) is 10.1. The highest BCUT2D eigenvalue weighted by Crippen LogP contribution is 2.30. The van der Waals surface area contributed by atoms with Crippen molar-refractivity contribution >= 4 is 11.8 Å². The molecule has 3 rings (SSSR count). The molecular weight excluding hydrogens is 352 g/mol. The summed E-state index contributed by atoms with van der Waals surface area (Å²) in [4.78, 5) is 26.9. The Labute approximate surface area is 160 Å². The van der Waals surface area contributed by atoms with E-state index in [1.165, 1.54) is 0 Å². The fraction of sp³-hybridized carbons (Fsp3) is 0.895. The number of carbonyl (C=O) groups is 2.